The summed E-state index contributed by atoms with van der Waals surface area (Å²) in [5.74, 6) is 0.0900. The molecule has 2 aliphatic rings. The zero-order valence-corrected chi connectivity index (χ0v) is 15.8. The van der Waals surface area contributed by atoms with Crippen molar-refractivity contribution in [3.05, 3.63) is 30.1 Å². The number of carbonyl (C=O) groups is 2. The normalized spacial score (nSPS) is 21.7. The molecule has 2 aliphatic heterocycles. The number of carbonyl (C=O) groups excluding carboxylic acids is 2. The van der Waals surface area contributed by atoms with Crippen molar-refractivity contribution in [1.29, 1.82) is 0 Å². The molecule has 26 heavy (non-hydrogen) atoms. The molecule has 3 heterocycles. The minimum atomic E-state index is -0.170. The molecule has 0 spiro atoms. The fraction of sp³-hybridized carbons (Fsp3) is 0.632. The Morgan fingerprint density at radius 2 is 1.88 bits per heavy atom. The molecule has 7 heteroatoms. The van der Waals surface area contributed by atoms with E-state index >= 15 is 0 Å². The summed E-state index contributed by atoms with van der Waals surface area (Å²) >= 11 is 0. The molecule has 0 unspecified atom stereocenters. The Balaban J connectivity index is 1.46. The van der Waals surface area contributed by atoms with Crippen molar-refractivity contribution < 1.29 is 9.59 Å². The first kappa shape index (κ1) is 18.8. The smallest absolute Gasteiger partial charge is 0.228 e. The topological polar surface area (TPSA) is 60.0 Å². The molecule has 1 atom stereocenters. The van der Waals surface area contributed by atoms with Crippen LogP contribution in [0.4, 0.5) is 0 Å². The maximum atomic E-state index is 12.8. The highest BCUT2D eigenvalue weighted by Crippen LogP contribution is 2.21. The number of nitrogens with zero attached hydrogens (tertiary/aromatic N) is 5. The van der Waals surface area contributed by atoms with Crippen LogP contribution in [0.25, 0.3) is 0 Å². The fourth-order valence-electron chi connectivity index (χ4n) is 3.61. The number of likely N-dealkylation sites (tertiary alicyclic amines) is 1. The van der Waals surface area contributed by atoms with E-state index in [0.717, 1.165) is 39.3 Å². The fourth-order valence-corrected chi connectivity index (χ4v) is 3.61. The average molecular weight is 359 g/mol. The van der Waals surface area contributed by atoms with Gasteiger partial charge in [-0.25, -0.2) is 0 Å². The predicted molar refractivity (Wildman–Crippen MR) is 99.3 cm³/mol. The van der Waals surface area contributed by atoms with Crippen LogP contribution in [-0.2, 0) is 16.1 Å². The van der Waals surface area contributed by atoms with E-state index in [-0.39, 0.29) is 17.7 Å². The quantitative estimate of drug-likeness (QED) is 0.723. The monoisotopic (exact) mass is 359 g/mol. The van der Waals surface area contributed by atoms with Crippen LogP contribution in [0.2, 0.25) is 0 Å². The first-order valence-corrected chi connectivity index (χ1v) is 9.35. The van der Waals surface area contributed by atoms with Crippen LogP contribution < -0.4 is 0 Å². The molecule has 0 radical (unpaired) electrons. The van der Waals surface area contributed by atoms with E-state index in [9.17, 15) is 9.59 Å². The van der Waals surface area contributed by atoms with Crippen LogP contribution in [0.15, 0.2) is 24.5 Å². The van der Waals surface area contributed by atoms with Crippen molar-refractivity contribution in [3.8, 4) is 0 Å². The van der Waals surface area contributed by atoms with Gasteiger partial charge in [0.1, 0.15) is 0 Å². The van der Waals surface area contributed by atoms with Crippen molar-refractivity contribution in [2.45, 2.75) is 13.0 Å². The highest BCUT2D eigenvalue weighted by atomic mass is 16.2. The molecule has 0 bridgehead atoms. The van der Waals surface area contributed by atoms with Gasteiger partial charge in [0.2, 0.25) is 11.8 Å². The largest absolute Gasteiger partial charge is 0.341 e. The van der Waals surface area contributed by atoms with Crippen molar-refractivity contribution in [3.63, 3.8) is 0 Å². The summed E-state index contributed by atoms with van der Waals surface area (Å²) in [6.07, 6.45) is 3.99. The lowest BCUT2D eigenvalue weighted by Gasteiger charge is -2.35. The third-order valence-electron chi connectivity index (χ3n) is 5.22. The van der Waals surface area contributed by atoms with E-state index in [1.54, 1.807) is 0 Å². The van der Waals surface area contributed by atoms with Gasteiger partial charge in [0.15, 0.2) is 0 Å². The molecule has 2 fully saturated rings. The minimum absolute atomic E-state index is 0.113. The molecular weight excluding hydrogens is 330 g/mol. The Morgan fingerprint density at radius 1 is 1.19 bits per heavy atom. The lowest BCUT2D eigenvalue weighted by Crippen LogP contribution is -2.50. The van der Waals surface area contributed by atoms with Crippen molar-refractivity contribution in [2.24, 2.45) is 5.92 Å². The summed E-state index contributed by atoms with van der Waals surface area (Å²) in [6.45, 7) is 6.24. The van der Waals surface area contributed by atoms with Crippen LogP contribution in [0.1, 0.15) is 12.0 Å². The van der Waals surface area contributed by atoms with Crippen molar-refractivity contribution >= 4 is 11.8 Å². The minimum Gasteiger partial charge on any atom is -0.341 e. The van der Waals surface area contributed by atoms with Crippen LogP contribution in [-0.4, -0.2) is 96.3 Å². The summed E-state index contributed by atoms with van der Waals surface area (Å²) < 4.78 is 0. The number of pyridine rings is 1. The number of likely N-dealkylation sites (N-methyl/N-ethyl adjacent to an activating group) is 1. The maximum Gasteiger partial charge on any atom is 0.228 e. The standard InChI is InChI=1S/C19H29N5O2/c1-21(2)7-10-24-15-17(13-18(24)25)19(26)23-11-8-22(9-12-23)14-16-3-5-20-6-4-16/h3-6,17H,7-15H2,1-2H3/t17-/m1/s1. The van der Waals surface area contributed by atoms with Gasteiger partial charge in [-0.3, -0.25) is 19.5 Å². The molecule has 0 aliphatic carbocycles. The van der Waals surface area contributed by atoms with Gasteiger partial charge in [0.25, 0.3) is 0 Å². The van der Waals surface area contributed by atoms with E-state index in [0.29, 0.717) is 19.5 Å². The summed E-state index contributed by atoms with van der Waals surface area (Å²) in [5, 5.41) is 0. The third-order valence-corrected chi connectivity index (χ3v) is 5.22. The summed E-state index contributed by atoms with van der Waals surface area (Å²) in [6, 6.07) is 4.06. The number of hydrogen-bond donors (Lipinski definition) is 0. The Morgan fingerprint density at radius 3 is 2.54 bits per heavy atom. The lowest BCUT2D eigenvalue weighted by molar-refractivity contribution is -0.137. The van der Waals surface area contributed by atoms with Gasteiger partial charge in [0, 0.05) is 71.2 Å². The van der Waals surface area contributed by atoms with Crippen molar-refractivity contribution in [2.75, 3.05) is 59.9 Å². The molecule has 3 rings (SSSR count). The lowest BCUT2D eigenvalue weighted by atomic mass is 10.1. The van der Waals surface area contributed by atoms with E-state index < -0.39 is 0 Å². The van der Waals surface area contributed by atoms with Gasteiger partial charge >= 0.3 is 0 Å². The second kappa shape index (κ2) is 8.60. The molecule has 1 aromatic heterocycles. The summed E-state index contributed by atoms with van der Waals surface area (Å²) in [5.41, 5.74) is 1.25. The highest BCUT2D eigenvalue weighted by molar-refractivity contribution is 5.89. The molecule has 7 nitrogen and oxygen atoms in total. The van der Waals surface area contributed by atoms with Gasteiger partial charge in [0.05, 0.1) is 5.92 Å². The first-order chi connectivity index (χ1) is 12.5. The van der Waals surface area contributed by atoms with E-state index in [1.165, 1.54) is 5.56 Å². The van der Waals surface area contributed by atoms with Gasteiger partial charge < -0.3 is 14.7 Å². The average Bonchev–Trinajstić information content (AvgIpc) is 3.02. The van der Waals surface area contributed by atoms with Gasteiger partial charge in [-0.1, -0.05) is 0 Å². The second-order valence-electron chi connectivity index (χ2n) is 7.50. The molecule has 1 aromatic rings. The van der Waals surface area contributed by atoms with E-state index in [2.05, 4.69) is 14.8 Å². The Bertz CT molecular complexity index is 614. The van der Waals surface area contributed by atoms with Gasteiger partial charge in [-0.15, -0.1) is 0 Å². The van der Waals surface area contributed by atoms with Crippen LogP contribution in [0, 0.1) is 5.92 Å². The molecule has 142 valence electrons. The molecule has 2 amide bonds. The zero-order valence-electron chi connectivity index (χ0n) is 15.8. The Kier molecular flexibility index (Phi) is 6.21. The zero-order chi connectivity index (χ0) is 18.5. The molecule has 0 saturated carbocycles. The van der Waals surface area contributed by atoms with E-state index in [4.69, 9.17) is 0 Å². The number of piperazine rings is 1. The number of rotatable bonds is 6. The molecule has 2 saturated heterocycles. The van der Waals surface area contributed by atoms with Gasteiger partial charge in [-0.05, 0) is 31.8 Å². The van der Waals surface area contributed by atoms with Crippen LogP contribution in [0.5, 0.6) is 0 Å². The first-order valence-electron chi connectivity index (χ1n) is 9.35. The summed E-state index contributed by atoms with van der Waals surface area (Å²) in [7, 11) is 3.99. The third kappa shape index (κ3) is 4.80. The Labute approximate surface area is 155 Å². The Hall–Kier alpha value is -1.99. The van der Waals surface area contributed by atoms with E-state index in [1.807, 2.05) is 48.4 Å². The molecular formula is C19H29N5O2. The summed E-state index contributed by atoms with van der Waals surface area (Å²) in [4.78, 5) is 37.2. The molecule has 0 N–H and O–H groups in total. The maximum absolute atomic E-state index is 12.8. The van der Waals surface area contributed by atoms with Crippen molar-refractivity contribution in [1.82, 2.24) is 24.6 Å². The number of hydrogen-bond acceptors (Lipinski definition) is 5. The molecule has 0 aromatic carbocycles. The van der Waals surface area contributed by atoms with Crippen LogP contribution >= 0.6 is 0 Å². The highest BCUT2D eigenvalue weighted by Gasteiger charge is 2.37. The number of aromatic nitrogens is 1. The predicted octanol–water partition coefficient (Wildman–Crippen LogP) is 0.136. The van der Waals surface area contributed by atoms with Crippen LogP contribution in [0.3, 0.4) is 0 Å². The van der Waals surface area contributed by atoms with Gasteiger partial charge in [-0.2, -0.15) is 0 Å². The number of amides is 2. The second-order valence-corrected chi connectivity index (χ2v) is 7.50. The SMILES string of the molecule is CN(C)CCN1C[C@H](C(=O)N2CCN(Cc3ccncc3)CC2)CC1=O.